The molecule has 0 saturated heterocycles. The van der Waals surface area contributed by atoms with Gasteiger partial charge in [-0.25, -0.2) is 4.79 Å². The third-order valence-corrected chi connectivity index (χ3v) is 5.60. The molecular weight excluding hydrogens is 388 g/mol. The first-order chi connectivity index (χ1) is 14.3. The number of nitrogens with one attached hydrogen (secondary N) is 2. The highest BCUT2D eigenvalue weighted by Gasteiger charge is 2.34. The molecule has 0 spiro atoms. The number of carbonyl (C=O) groups is 2. The lowest BCUT2D eigenvalue weighted by molar-refractivity contribution is -0.113. The quantitative estimate of drug-likeness (QED) is 0.627. The Bertz CT molecular complexity index is 1020. The van der Waals surface area contributed by atoms with E-state index in [1.54, 1.807) is 0 Å². The third-order valence-electron chi connectivity index (χ3n) is 5.60. The fraction of sp³-hybridized carbons (Fsp3) is 0.385. The molecular formula is C26H32N2O3. The van der Waals surface area contributed by atoms with Crippen molar-refractivity contribution < 1.29 is 14.7 Å². The molecule has 0 bridgehead atoms. The molecule has 0 aromatic heterocycles. The summed E-state index contributed by atoms with van der Waals surface area (Å²) in [6, 6.07) is 12.2. The van der Waals surface area contributed by atoms with E-state index in [1.165, 1.54) is 6.92 Å². The molecule has 0 aliphatic carbocycles. The number of hydrogen-bond acceptors (Lipinski definition) is 3. The Morgan fingerprint density at radius 3 is 1.90 bits per heavy atom. The van der Waals surface area contributed by atoms with Gasteiger partial charge in [-0.3, -0.25) is 4.79 Å². The van der Waals surface area contributed by atoms with Crippen LogP contribution < -0.4 is 10.6 Å². The van der Waals surface area contributed by atoms with Gasteiger partial charge in [-0.2, -0.15) is 0 Å². The Morgan fingerprint density at radius 2 is 1.45 bits per heavy atom. The molecule has 1 aliphatic heterocycles. The summed E-state index contributed by atoms with van der Waals surface area (Å²) >= 11 is 0. The van der Waals surface area contributed by atoms with Crippen LogP contribution in [0.3, 0.4) is 0 Å². The van der Waals surface area contributed by atoms with E-state index in [0.717, 1.165) is 22.3 Å². The molecule has 0 fully saturated rings. The minimum absolute atomic E-state index is 0.126. The molecule has 3 N–H and O–H groups in total. The van der Waals surface area contributed by atoms with E-state index in [9.17, 15) is 14.7 Å². The summed E-state index contributed by atoms with van der Waals surface area (Å²) in [5.41, 5.74) is 3.50. The van der Waals surface area contributed by atoms with Crippen molar-refractivity contribution in [2.45, 2.75) is 65.3 Å². The number of benzene rings is 2. The number of phenolic OH excluding ortho intramolecular Hbond substituents is 1. The number of ketones is 1. The van der Waals surface area contributed by atoms with Crippen LogP contribution in [-0.2, 0) is 15.6 Å². The standard InChI is InChI=1S/C26H32N2O3/c1-15(29)20-21(16-11-9-8-10-12-16)27-24(31)28-22(20)17-13-18(25(2,3)4)23(30)19(14-17)26(5,6)7/h8-14,22,30H,1-7H3,(H2,27,28,31). The zero-order chi connectivity index (χ0) is 23.1. The highest BCUT2D eigenvalue weighted by Crippen LogP contribution is 2.42. The lowest BCUT2D eigenvalue weighted by atomic mass is 9.76. The van der Waals surface area contributed by atoms with Crippen LogP contribution in [0.25, 0.3) is 5.70 Å². The van der Waals surface area contributed by atoms with Crippen LogP contribution in [0.4, 0.5) is 4.79 Å². The van der Waals surface area contributed by atoms with E-state index >= 15 is 0 Å². The van der Waals surface area contributed by atoms with Crippen LogP contribution in [-0.4, -0.2) is 16.9 Å². The smallest absolute Gasteiger partial charge is 0.320 e. The van der Waals surface area contributed by atoms with Crippen molar-refractivity contribution >= 4 is 17.5 Å². The molecule has 5 nitrogen and oxygen atoms in total. The minimum Gasteiger partial charge on any atom is -0.507 e. The van der Waals surface area contributed by atoms with Crippen LogP contribution >= 0.6 is 0 Å². The molecule has 2 aromatic carbocycles. The van der Waals surface area contributed by atoms with Gasteiger partial charge >= 0.3 is 6.03 Å². The summed E-state index contributed by atoms with van der Waals surface area (Å²) in [5.74, 6) is 0.139. The SMILES string of the molecule is CC(=O)C1=C(c2ccccc2)NC(=O)NC1c1cc(C(C)(C)C)c(O)c(C(C)(C)C)c1. The first-order valence-electron chi connectivity index (χ1n) is 10.6. The number of Topliss-reactive ketones (excluding diaryl/α,β-unsaturated/α-hetero) is 1. The lowest BCUT2D eigenvalue weighted by Gasteiger charge is -2.33. The summed E-state index contributed by atoms with van der Waals surface area (Å²) in [5, 5.41) is 16.8. The first kappa shape index (κ1) is 22.6. The molecule has 164 valence electrons. The third kappa shape index (κ3) is 4.50. The van der Waals surface area contributed by atoms with Gasteiger partial charge < -0.3 is 15.7 Å². The Kier molecular flexibility index (Phi) is 5.74. The van der Waals surface area contributed by atoms with E-state index in [0.29, 0.717) is 11.3 Å². The second-order valence-corrected chi connectivity index (χ2v) is 10.2. The lowest BCUT2D eigenvalue weighted by Crippen LogP contribution is -2.45. The van der Waals surface area contributed by atoms with Gasteiger partial charge in [0.1, 0.15) is 5.75 Å². The Morgan fingerprint density at radius 1 is 0.935 bits per heavy atom. The van der Waals surface area contributed by atoms with Crippen molar-refractivity contribution in [3.05, 3.63) is 70.3 Å². The van der Waals surface area contributed by atoms with Gasteiger partial charge in [0.2, 0.25) is 0 Å². The second kappa shape index (κ2) is 7.88. The molecule has 3 rings (SSSR count). The van der Waals surface area contributed by atoms with E-state index in [2.05, 4.69) is 10.6 Å². The molecule has 0 saturated carbocycles. The van der Waals surface area contributed by atoms with Gasteiger partial charge in [0.15, 0.2) is 5.78 Å². The Hall–Kier alpha value is -3.08. The van der Waals surface area contributed by atoms with E-state index in [1.807, 2.05) is 84.0 Å². The molecule has 2 aromatic rings. The zero-order valence-corrected chi connectivity index (χ0v) is 19.4. The number of hydrogen-bond donors (Lipinski definition) is 3. The number of aromatic hydroxyl groups is 1. The molecule has 1 heterocycles. The molecule has 5 heteroatoms. The Labute approximate surface area is 184 Å². The number of urea groups is 1. The average Bonchev–Trinajstić information content (AvgIpc) is 2.66. The van der Waals surface area contributed by atoms with Crippen molar-refractivity contribution in [2.24, 2.45) is 0 Å². The largest absolute Gasteiger partial charge is 0.507 e. The average molecular weight is 421 g/mol. The molecule has 1 atom stereocenters. The van der Waals surface area contributed by atoms with Gasteiger partial charge in [0, 0.05) is 5.57 Å². The van der Waals surface area contributed by atoms with Crippen LogP contribution in [0.5, 0.6) is 5.75 Å². The van der Waals surface area contributed by atoms with Gasteiger partial charge in [0.05, 0.1) is 11.7 Å². The maximum Gasteiger partial charge on any atom is 0.320 e. The normalized spacial score (nSPS) is 17.3. The van der Waals surface area contributed by atoms with Crippen LogP contribution in [0.15, 0.2) is 48.0 Å². The maximum atomic E-state index is 12.8. The van der Waals surface area contributed by atoms with Crippen molar-refractivity contribution in [1.82, 2.24) is 10.6 Å². The molecule has 1 unspecified atom stereocenters. The number of phenols is 1. The van der Waals surface area contributed by atoms with Gasteiger partial charge in [-0.1, -0.05) is 71.9 Å². The van der Waals surface area contributed by atoms with E-state index in [-0.39, 0.29) is 28.4 Å². The van der Waals surface area contributed by atoms with Gasteiger partial charge in [-0.05, 0) is 52.1 Å². The fourth-order valence-electron chi connectivity index (χ4n) is 3.99. The highest BCUT2D eigenvalue weighted by atomic mass is 16.3. The van der Waals surface area contributed by atoms with Gasteiger partial charge in [-0.15, -0.1) is 0 Å². The molecule has 0 radical (unpaired) electrons. The molecule has 31 heavy (non-hydrogen) atoms. The van der Waals surface area contributed by atoms with Crippen molar-refractivity contribution in [1.29, 1.82) is 0 Å². The monoisotopic (exact) mass is 420 g/mol. The summed E-state index contributed by atoms with van der Waals surface area (Å²) < 4.78 is 0. The summed E-state index contributed by atoms with van der Waals surface area (Å²) in [6.07, 6.45) is 0. The van der Waals surface area contributed by atoms with Gasteiger partial charge in [0.25, 0.3) is 0 Å². The molecule has 1 aliphatic rings. The van der Waals surface area contributed by atoms with E-state index in [4.69, 9.17) is 0 Å². The van der Waals surface area contributed by atoms with E-state index < -0.39 is 6.04 Å². The first-order valence-corrected chi connectivity index (χ1v) is 10.6. The summed E-state index contributed by atoms with van der Waals surface area (Å²) in [6.45, 7) is 13.7. The maximum absolute atomic E-state index is 12.8. The minimum atomic E-state index is -0.621. The molecule has 2 amide bonds. The van der Waals surface area contributed by atoms with Crippen molar-refractivity contribution in [3.8, 4) is 5.75 Å². The topological polar surface area (TPSA) is 78.4 Å². The van der Waals surface area contributed by atoms with Crippen LogP contribution in [0.1, 0.15) is 76.8 Å². The second-order valence-electron chi connectivity index (χ2n) is 10.2. The predicted molar refractivity (Wildman–Crippen MR) is 124 cm³/mol. The predicted octanol–water partition coefficient (Wildman–Crippen LogP) is 5.34. The van der Waals surface area contributed by atoms with Crippen LogP contribution in [0.2, 0.25) is 0 Å². The highest BCUT2D eigenvalue weighted by molar-refractivity contribution is 6.07. The number of amides is 2. The Balaban J connectivity index is 2.32. The number of rotatable bonds is 3. The van der Waals surface area contributed by atoms with Crippen LogP contribution in [0, 0.1) is 0 Å². The zero-order valence-electron chi connectivity index (χ0n) is 19.4. The number of carbonyl (C=O) groups excluding carboxylic acids is 2. The summed E-state index contributed by atoms with van der Waals surface area (Å²) in [4.78, 5) is 25.4. The van der Waals surface area contributed by atoms with Crippen molar-refractivity contribution in [2.75, 3.05) is 0 Å². The van der Waals surface area contributed by atoms with Crippen molar-refractivity contribution in [3.63, 3.8) is 0 Å². The summed E-state index contributed by atoms with van der Waals surface area (Å²) in [7, 11) is 0. The fourth-order valence-corrected chi connectivity index (χ4v) is 3.99.